The number of hydrogen-bond acceptors (Lipinski definition) is 5. The number of ether oxygens (including phenoxy) is 1. The van der Waals surface area contributed by atoms with E-state index in [9.17, 15) is 4.79 Å². The molecule has 0 spiro atoms. The van der Waals surface area contributed by atoms with Crippen molar-refractivity contribution in [3.63, 3.8) is 0 Å². The highest BCUT2D eigenvalue weighted by Gasteiger charge is 2.32. The van der Waals surface area contributed by atoms with Crippen LogP contribution >= 0.6 is 11.8 Å². The van der Waals surface area contributed by atoms with Crippen LogP contribution in [0.3, 0.4) is 0 Å². The number of rotatable bonds is 4. The van der Waals surface area contributed by atoms with E-state index in [0.717, 1.165) is 30.7 Å². The number of para-hydroxylation sites is 1. The first kappa shape index (κ1) is 15.8. The number of carbonyl (C=O) groups excluding carboxylic acids is 1. The van der Waals surface area contributed by atoms with Crippen molar-refractivity contribution in [3.8, 4) is 5.75 Å². The van der Waals surface area contributed by atoms with Crippen LogP contribution in [0.2, 0.25) is 0 Å². The zero-order valence-corrected chi connectivity index (χ0v) is 14.0. The van der Waals surface area contributed by atoms with Gasteiger partial charge in [-0.25, -0.2) is 9.97 Å². The summed E-state index contributed by atoms with van der Waals surface area (Å²) in [6.45, 7) is 0.742. The Balaban J connectivity index is 1.87. The fourth-order valence-corrected chi connectivity index (χ4v) is 3.29. The van der Waals surface area contributed by atoms with Gasteiger partial charge in [0.2, 0.25) is 0 Å². The summed E-state index contributed by atoms with van der Waals surface area (Å²) >= 11 is 1.46. The molecule has 23 heavy (non-hydrogen) atoms. The van der Waals surface area contributed by atoms with E-state index in [4.69, 9.17) is 4.74 Å². The van der Waals surface area contributed by atoms with Crippen LogP contribution in [-0.2, 0) is 0 Å². The van der Waals surface area contributed by atoms with Gasteiger partial charge < -0.3 is 9.64 Å². The third kappa shape index (κ3) is 3.17. The zero-order valence-electron chi connectivity index (χ0n) is 13.2. The Labute approximate surface area is 140 Å². The van der Waals surface area contributed by atoms with Crippen molar-refractivity contribution in [2.24, 2.45) is 0 Å². The van der Waals surface area contributed by atoms with Crippen molar-refractivity contribution in [1.29, 1.82) is 0 Å². The lowest BCUT2D eigenvalue weighted by atomic mass is 10.0. The van der Waals surface area contributed by atoms with Gasteiger partial charge >= 0.3 is 0 Å². The Morgan fingerprint density at radius 2 is 2.04 bits per heavy atom. The number of aromatic nitrogens is 2. The van der Waals surface area contributed by atoms with Crippen molar-refractivity contribution in [2.75, 3.05) is 19.9 Å². The SMILES string of the molecule is COc1ccccc1[C@@H]1CCCN1C(=O)c1cnc(SC)nc1. The molecule has 120 valence electrons. The number of methoxy groups -OCH3 is 1. The smallest absolute Gasteiger partial charge is 0.257 e. The molecule has 1 aliphatic rings. The molecular weight excluding hydrogens is 310 g/mol. The van der Waals surface area contributed by atoms with E-state index in [1.807, 2.05) is 35.4 Å². The lowest BCUT2D eigenvalue weighted by molar-refractivity contribution is 0.0733. The minimum Gasteiger partial charge on any atom is -0.496 e. The fraction of sp³-hybridized carbons (Fsp3) is 0.353. The summed E-state index contributed by atoms with van der Waals surface area (Å²) in [5, 5.41) is 0.671. The second kappa shape index (κ2) is 7.00. The molecule has 1 aromatic heterocycles. The Hall–Kier alpha value is -2.08. The maximum absolute atomic E-state index is 12.8. The third-order valence-corrected chi connectivity index (χ3v) is 4.65. The normalized spacial score (nSPS) is 17.3. The molecule has 3 rings (SSSR count). The van der Waals surface area contributed by atoms with E-state index in [-0.39, 0.29) is 11.9 Å². The monoisotopic (exact) mass is 329 g/mol. The van der Waals surface area contributed by atoms with Gasteiger partial charge in [-0.05, 0) is 25.2 Å². The molecule has 0 radical (unpaired) electrons. The molecule has 1 aromatic carbocycles. The molecule has 1 fully saturated rings. The van der Waals surface area contributed by atoms with Crippen LogP contribution in [0.4, 0.5) is 0 Å². The van der Waals surface area contributed by atoms with Crippen LogP contribution in [0.5, 0.6) is 5.75 Å². The van der Waals surface area contributed by atoms with Crippen LogP contribution in [0, 0.1) is 0 Å². The van der Waals surface area contributed by atoms with Crippen LogP contribution < -0.4 is 4.74 Å². The summed E-state index contributed by atoms with van der Waals surface area (Å²) in [7, 11) is 1.66. The summed E-state index contributed by atoms with van der Waals surface area (Å²) in [5.41, 5.74) is 1.59. The highest BCUT2D eigenvalue weighted by Crippen LogP contribution is 2.37. The second-order valence-electron chi connectivity index (χ2n) is 5.36. The number of likely N-dealkylation sites (tertiary alicyclic amines) is 1. The molecule has 2 aromatic rings. The van der Waals surface area contributed by atoms with Crippen LogP contribution in [0.25, 0.3) is 0 Å². The predicted molar refractivity (Wildman–Crippen MR) is 89.8 cm³/mol. The zero-order chi connectivity index (χ0) is 16.2. The first-order valence-corrected chi connectivity index (χ1v) is 8.77. The Kier molecular flexibility index (Phi) is 4.81. The first-order chi connectivity index (χ1) is 11.2. The topological polar surface area (TPSA) is 55.3 Å². The number of hydrogen-bond donors (Lipinski definition) is 0. The predicted octanol–water partition coefficient (Wildman–Crippen LogP) is 3.18. The first-order valence-electron chi connectivity index (χ1n) is 7.54. The van der Waals surface area contributed by atoms with Gasteiger partial charge in [0.15, 0.2) is 5.16 Å². The molecular formula is C17H19N3O2S. The minimum atomic E-state index is -0.0222. The van der Waals surface area contributed by atoms with Gasteiger partial charge in [-0.15, -0.1) is 0 Å². The fourth-order valence-electron chi connectivity index (χ4n) is 2.97. The molecule has 0 bridgehead atoms. The van der Waals surface area contributed by atoms with E-state index >= 15 is 0 Å². The quantitative estimate of drug-likeness (QED) is 0.637. The Morgan fingerprint density at radius 1 is 1.30 bits per heavy atom. The van der Waals surface area contributed by atoms with E-state index in [0.29, 0.717) is 10.7 Å². The summed E-state index contributed by atoms with van der Waals surface area (Å²) in [6.07, 6.45) is 7.06. The van der Waals surface area contributed by atoms with E-state index in [2.05, 4.69) is 9.97 Å². The molecule has 0 N–H and O–H groups in total. The average molecular weight is 329 g/mol. The number of carbonyl (C=O) groups is 1. The van der Waals surface area contributed by atoms with Gasteiger partial charge in [0.1, 0.15) is 5.75 Å². The molecule has 6 heteroatoms. The van der Waals surface area contributed by atoms with Gasteiger partial charge in [-0.3, -0.25) is 4.79 Å². The summed E-state index contributed by atoms with van der Waals surface area (Å²) in [4.78, 5) is 23.1. The minimum absolute atomic E-state index is 0.0222. The molecule has 0 saturated carbocycles. The maximum Gasteiger partial charge on any atom is 0.257 e. The van der Waals surface area contributed by atoms with Crippen molar-refractivity contribution < 1.29 is 9.53 Å². The highest BCUT2D eigenvalue weighted by atomic mass is 32.2. The molecule has 1 aliphatic heterocycles. The van der Waals surface area contributed by atoms with E-state index in [1.165, 1.54) is 11.8 Å². The molecule has 0 unspecified atom stereocenters. The Bertz CT molecular complexity index is 690. The van der Waals surface area contributed by atoms with Crippen molar-refractivity contribution >= 4 is 17.7 Å². The summed E-state index contributed by atoms with van der Waals surface area (Å²) in [6, 6.07) is 7.93. The summed E-state index contributed by atoms with van der Waals surface area (Å²) in [5.74, 6) is 0.803. The molecule has 1 atom stereocenters. The van der Waals surface area contributed by atoms with Gasteiger partial charge in [-0.2, -0.15) is 0 Å². The van der Waals surface area contributed by atoms with Crippen molar-refractivity contribution in [1.82, 2.24) is 14.9 Å². The molecule has 1 saturated heterocycles. The average Bonchev–Trinajstić information content (AvgIpc) is 3.10. The molecule has 5 nitrogen and oxygen atoms in total. The van der Waals surface area contributed by atoms with Crippen LogP contribution in [0.15, 0.2) is 41.8 Å². The lowest BCUT2D eigenvalue weighted by Crippen LogP contribution is -2.31. The van der Waals surface area contributed by atoms with Gasteiger partial charge in [0, 0.05) is 24.5 Å². The standard InChI is InChI=1S/C17H19N3O2S/c1-22-15-8-4-3-6-13(15)14-7-5-9-20(14)16(21)12-10-18-17(23-2)19-11-12/h3-4,6,8,10-11,14H,5,7,9H2,1-2H3/t14-/m0/s1. The highest BCUT2D eigenvalue weighted by molar-refractivity contribution is 7.98. The van der Waals surface area contributed by atoms with E-state index in [1.54, 1.807) is 19.5 Å². The van der Waals surface area contributed by atoms with Crippen molar-refractivity contribution in [2.45, 2.75) is 24.0 Å². The number of amides is 1. The van der Waals surface area contributed by atoms with Gasteiger partial charge in [-0.1, -0.05) is 30.0 Å². The van der Waals surface area contributed by atoms with Crippen LogP contribution in [-0.4, -0.2) is 40.7 Å². The van der Waals surface area contributed by atoms with Gasteiger partial charge in [0.05, 0.1) is 18.7 Å². The van der Waals surface area contributed by atoms with E-state index < -0.39 is 0 Å². The maximum atomic E-state index is 12.8. The van der Waals surface area contributed by atoms with Gasteiger partial charge in [0.25, 0.3) is 5.91 Å². The number of thioether (sulfide) groups is 1. The molecule has 2 heterocycles. The lowest BCUT2D eigenvalue weighted by Gasteiger charge is -2.26. The molecule has 1 amide bonds. The summed E-state index contributed by atoms with van der Waals surface area (Å²) < 4.78 is 5.46. The second-order valence-corrected chi connectivity index (χ2v) is 6.13. The molecule has 0 aliphatic carbocycles. The van der Waals surface area contributed by atoms with Crippen molar-refractivity contribution in [3.05, 3.63) is 47.8 Å². The third-order valence-electron chi connectivity index (χ3n) is 4.07. The van der Waals surface area contributed by atoms with Crippen LogP contribution in [0.1, 0.15) is 34.8 Å². The largest absolute Gasteiger partial charge is 0.496 e. The Morgan fingerprint density at radius 3 is 2.74 bits per heavy atom. The number of nitrogens with zero attached hydrogens (tertiary/aromatic N) is 3. The number of benzene rings is 1.